The molecule has 7 nitrogen and oxygen atoms in total. The fourth-order valence-electron chi connectivity index (χ4n) is 4.25. The number of amides is 3. The third-order valence-corrected chi connectivity index (χ3v) is 6.28. The Morgan fingerprint density at radius 2 is 2.10 bits per heavy atom. The summed E-state index contributed by atoms with van der Waals surface area (Å²) >= 11 is 6.43. The summed E-state index contributed by atoms with van der Waals surface area (Å²) in [4.78, 5) is 42.1. The molecule has 0 saturated carbocycles. The van der Waals surface area contributed by atoms with Gasteiger partial charge in [-0.2, -0.15) is 0 Å². The first kappa shape index (κ1) is 22.7. The molecule has 0 aromatic heterocycles. The average molecular weight is 437 g/mol. The Kier molecular flexibility index (Phi) is 7.50. The number of halogens is 1. The number of rotatable bonds is 8. The molecule has 30 heavy (non-hydrogen) atoms. The number of hydrogen-bond donors (Lipinski definition) is 0. The Hall–Kier alpha value is -1.96. The first-order valence-electron chi connectivity index (χ1n) is 10.3. The molecule has 0 N–H and O–H groups in total. The summed E-state index contributed by atoms with van der Waals surface area (Å²) in [7, 11) is 3.22. The second kappa shape index (κ2) is 9.90. The van der Waals surface area contributed by atoms with Gasteiger partial charge in [-0.1, -0.05) is 29.8 Å². The molecule has 164 valence electrons. The van der Waals surface area contributed by atoms with Crippen LogP contribution in [0, 0.1) is 0 Å². The van der Waals surface area contributed by atoms with Crippen LogP contribution in [0.4, 0.5) is 0 Å². The van der Waals surface area contributed by atoms with Crippen LogP contribution in [0.2, 0.25) is 5.02 Å². The largest absolute Gasteiger partial charge is 0.383 e. The van der Waals surface area contributed by atoms with E-state index in [0.717, 1.165) is 19.3 Å². The van der Waals surface area contributed by atoms with Gasteiger partial charge in [0.25, 0.3) is 0 Å². The number of likely N-dealkylation sites (tertiary alicyclic amines) is 1. The molecule has 0 spiro atoms. The van der Waals surface area contributed by atoms with Crippen molar-refractivity contribution in [3.63, 3.8) is 0 Å². The van der Waals surface area contributed by atoms with E-state index in [4.69, 9.17) is 21.1 Å². The predicted molar refractivity (Wildman–Crippen MR) is 112 cm³/mol. The van der Waals surface area contributed by atoms with Gasteiger partial charge >= 0.3 is 0 Å². The molecular formula is C22H29ClN2O5. The van der Waals surface area contributed by atoms with Crippen molar-refractivity contribution in [3.05, 3.63) is 34.9 Å². The van der Waals surface area contributed by atoms with Crippen LogP contribution in [0.25, 0.3) is 0 Å². The van der Waals surface area contributed by atoms with Crippen molar-refractivity contribution in [2.24, 2.45) is 0 Å². The molecular weight excluding hydrogens is 408 g/mol. The number of methoxy groups -OCH3 is 1. The second-order valence-electron chi connectivity index (χ2n) is 8.02. The maximum atomic E-state index is 13.4. The van der Waals surface area contributed by atoms with Crippen molar-refractivity contribution >= 4 is 29.3 Å². The van der Waals surface area contributed by atoms with E-state index in [1.54, 1.807) is 36.2 Å². The maximum absolute atomic E-state index is 13.4. The van der Waals surface area contributed by atoms with E-state index >= 15 is 0 Å². The van der Waals surface area contributed by atoms with Gasteiger partial charge in [0.1, 0.15) is 0 Å². The van der Waals surface area contributed by atoms with Crippen LogP contribution in [-0.2, 0) is 29.3 Å². The van der Waals surface area contributed by atoms with E-state index in [-0.39, 0.29) is 43.9 Å². The summed E-state index contributed by atoms with van der Waals surface area (Å²) in [5, 5.41) is 0.373. The lowest BCUT2D eigenvalue weighted by atomic mass is 9.75. The first-order chi connectivity index (χ1) is 14.4. The van der Waals surface area contributed by atoms with Gasteiger partial charge in [-0.25, -0.2) is 0 Å². The zero-order valence-electron chi connectivity index (χ0n) is 17.6. The highest BCUT2D eigenvalue weighted by molar-refractivity contribution is 6.32. The number of imide groups is 1. The van der Waals surface area contributed by atoms with E-state index < -0.39 is 11.3 Å². The predicted octanol–water partition coefficient (Wildman–Crippen LogP) is 2.40. The molecule has 2 atom stereocenters. The minimum Gasteiger partial charge on any atom is -0.383 e. The highest BCUT2D eigenvalue weighted by Gasteiger charge is 2.54. The topological polar surface area (TPSA) is 76.2 Å². The molecule has 0 unspecified atom stereocenters. The van der Waals surface area contributed by atoms with Crippen molar-refractivity contribution in [2.45, 2.75) is 43.6 Å². The minimum atomic E-state index is -1.30. The van der Waals surface area contributed by atoms with Crippen LogP contribution >= 0.6 is 11.6 Å². The van der Waals surface area contributed by atoms with Crippen molar-refractivity contribution in [3.8, 4) is 0 Å². The third-order valence-electron chi connectivity index (χ3n) is 5.95. The summed E-state index contributed by atoms with van der Waals surface area (Å²) in [5.74, 6) is -0.921. The molecule has 2 heterocycles. The number of hydrogen-bond acceptors (Lipinski definition) is 5. The molecule has 2 aliphatic heterocycles. The van der Waals surface area contributed by atoms with E-state index in [1.807, 2.05) is 0 Å². The number of benzene rings is 1. The van der Waals surface area contributed by atoms with Gasteiger partial charge in [-0.3, -0.25) is 19.3 Å². The van der Waals surface area contributed by atoms with Crippen LogP contribution in [-0.4, -0.2) is 74.1 Å². The van der Waals surface area contributed by atoms with Crippen molar-refractivity contribution in [2.75, 3.05) is 40.5 Å². The normalized spacial score (nSPS) is 24.4. The fourth-order valence-corrected chi connectivity index (χ4v) is 4.57. The molecule has 2 fully saturated rings. The molecule has 2 saturated heterocycles. The minimum absolute atomic E-state index is 0.00285. The molecule has 1 aromatic carbocycles. The molecule has 0 radical (unpaired) electrons. The van der Waals surface area contributed by atoms with Gasteiger partial charge in [-0.15, -0.1) is 0 Å². The lowest BCUT2D eigenvalue weighted by Gasteiger charge is -2.32. The maximum Gasteiger partial charge on any atom is 0.241 e. The van der Waals surface area contributed by atoms with Crippen LogP contribution in [0.15, 0.2) is 24.3 Å². The zero-order chi connectivity index (χ0) is 21.7. The van der Waals surface area contributed by atoms with E-state index in [0.29, 0.717) is 23.7 Å². The summed E-state index contributed by atoms with van der Waals surface area (Å²) in [5.41, 5.74) is -0.789. The van der Waals surface area contributed by atoms with Crippen LogP contribution in [0.1, 0.15) is 37.7 Å². The summed E-state index contributed by atoms with van der Waals surface area (Å²) in [6.07, 6.45) is 2.83. The Balaban J connectivity index is 1.85. The molecule has 0 bridgehead atoms. The number of ether oxygens (including phenoxy) is 2. The van der Waals surface area contributed by atoms with Gasteiger partial charge < -0.3 is 14.4 Å². The van der Waals surface area contributed by atoms with Gasteiger partial charge in [0.05, 0.1) is 24.7 Å². The van der Waals surface area contributed by atoms with Crippen LogP contribution in [0.3, 0.4) is 0 Å². The summed E-state index contributed by atoms with van der Waals surface area (Å²) in [6, 6.07) is 6.93. The van der Waals surface area contributed by atoms with Gasteiger partial charge in [-0.05, 0) is 30.9 Å². The second-order valence-corrected chi connectivity index (χ2v) is 8.43. The highest BCUT2D eigenvalue weighted by Crippen LogP contribution is 2.43. The van der Waals surface area contributed by atoms with Gasteiger partial charge in [0.15, 0.2) is 0 Å². The highest BCUT2D eigenvalue weighted by atomic mass is 35.5. The smallest absolute Gasteiger partial charge is 0.241 e. The van der Waals surface area contributed by atoms with Gasteiger partial charge in [0, 0.05) is 45.2 Å². The van der Waals surface area contributed by atoms with Crippen LogP contribution < -0.4 is 0 Å². The molecule has 2 aliphatic rings. The van der Waals surface area contributed by atoms with Crippen molar-refractivity contribution in [1.82, 2.24) is 9.80 Å². The third kappa shape index (κ3) is 4.68. The number of carbonyl (C=O) groups excluding carboxylic acids is 3. The molecule has 1 aromatic rings. The molecule has 0 aliphatic carbocycles. The Labute approximate surface area is 182 Å². The lowest BCUT2D eigenvalue weighted by molar-refractivity contribution is -0.143. The molecule has 3 amide bonds. The standard InChI is InChI=1S/C22H29ClN2O5/c1-24(15-16-7-5-6-11-30-16)19(26)13-22(17-8-3-4-9-18(17)23)14-20(27)25(21(22)28)10-12-29-2/h3-4,8-9,16H,5-7,10-15H2,1-2H3/t16-,22-/m1/s1. The number of likely N-dealkylation sites (N-methyl/N-ethyl adjacent to an activating group) is 1. The lowest BCUT2D eigenvalue weighted by Crippen LogP contribution is -2.45. The van der Waals surface area contributed by atoms with E-state index in [1.165, 1.54) is 12.0 Å². The molecule has 3 rings (SSSR count). The monoisotopic (exact) mass is 436 g/mol. The summed E-state index contributed by atoms with van der Waals surface area (Å²) < 4.78 is 10.8. The van der Waals surface area contributed by atoms with Crippen molar-refractivity contribution in [1.29, 1.82) is 0 Å². The Bertz CT molecular complexity index is 795. The number of nitrogens with zero attached hydrogens (tertiary/aromatic N) is 2. The Morgan fingerprint density at radius 1 is 1.33 bits per heavy atom. The van der Waals surface area contributed by atoms with Crippen molar-refractivity contribution < 1.29 is 23.9 Å². The summed E-state index contributed by atoms with van der Waals surface area (Å²) in [6.45, 7) is 1.56. The first-order valence-corrected chi connectivity index (χ1v) is 10.7. The van der Waals surface area contributed by atoms with Crippen LogP contribution in [0.5, 0.6) is 0 Å². The fraction of sp³-hybridized carbons (Fsp3) is 0.591. The average Bonchev–Trinajstić information content (AvgIpc) is 2.97. The molecule has 8 heteroatoms. The van der Waals surface area contributed by atoms with Gasteiger partial charge in [0.2, 0.25) is 17.7 Å². The Morgan fingerprint density at radius 3 is 2.77 bits per heavy atom. The van der Waals surface area contributed by atoms with E-state index in [9.17, 15) is 14.4 Å². The SMILES string of the molecule is COCCN1C(=O)C[C@](CC(=O)N(C)C[C@H]2CCCCO2)(c2ccccc2Cl)C1=O. The quantitative estimate of drug-likeness (QED) is 0.585. The number of carbonyl (C=O) groups is 3. The van der Waals surface area contributed by atoms with E-state index in [2.05, 4.69) is 0 Å². The zero-order valence-corrected chi connectivity index (χ0v) is 18.3.